The van der Waals surface area contributed by atoms with Crippen LogP contribution in [-0.2, 0) is 11.3 Å². The number of nitrogens with zero attached hydrogens (tertiary/aromatic N) is 2. The highest BCUT2D eigenvalue weighted by Gasteiger charge is 2.25. The number of hydrogen-bond donors (Lipinski definition) is 3. The van der Waals surface area contributed by atoms with E-state index in [2.05, 4.69) is 20.6 Å². The largest absolute Gasteiger partial charge is 0.480 e. The standard InChI is InChI=1S/C13H20N4O3/c1-4-8(2)11(12(18)19)17-13(20)15-7-10-5-6-14-9(3)16-10/h5-6,8,11H,4,7H2,1-3H3,(H,18,19)(H2,15,17,20)/t8?,11-/m0/s1. The fourth-order valence-electron chi connectivity index (χ4n) is 1.65. The van der Waals surface area contributed by atoms with Gasteiger partial charge in [0.1, 0.15) is 11.9 Å². The van der Waals surface area contributed by atoms with E-state index in [4.69, 9.17) is 5.11 Å². The van der Waals surface area contributed by atoms with Crippen molar-refractivity contribution in [1.82, 2.24) is 20.6 Å². The Bertz CT molecular complexity index is 478. The number of rotatable bonds is 6. The molecular formula is C13H20N4O3. The van der Waals surface area contributed by atoms with Crippen LogP contribution in [0.2, 0.25) is 0 Å². The van der Waals surface area contributed by atoms with Gasteiger partial charge in [-0.3, -0.25) is 0 Å². The van der Waals surface area contributed by atoms with Crippen LogP contribution >= 0.6 is 0 Å². The highest BCUT2D eigenvalue weighted by Crippen LogP contribution is 2.07. The van der Waals surface area contributed by atoms with E-state index in [0.29, 0.717) is 17.9 Å². The molecule has 3 N–H and O–H groups in total. The molecule has 0 saturated heterocycles. The highest BCUT2D eigenvalue weighted by molar-refractivity contribution is 5.82. The van der Waals surface area contributed by atoms with Crippen LogP contribution in [0.5, 0.6) is 0 Å². The number of aromatic nitrogens is 2. The second-order valence-electron chi connectivity index (χ2n) is 4.62. The molecule has 1 aromatic heterocycles. The Labute approximate surface area is 117 Å². The zero-order valence-corrected chi connectivity index (χ0v) is 11.9. The van der Waals surface area contributed by atoms with Crippen LogP contribution in [0, 0.1) is 12.8 Å². The van der Waals surface area contributed by atoms with Crippen LogP contribution < -0.4 is 10.6 Å². The Morgan fingerprint density at radius 2 is 2.15 bits per heavy atom. The summed E-state index contributed by atoms with van der Waals surface area (Å²) in [7, 11) is 0. The fraction of sp³-hybridized carbons (Fsp3) is 0.538. The zero-order chi connectivity index (χ0) is 15.1. The molecule has 0 bridgehead atoms. The summed E-state index contributed by atoms with van der Waals surface area (Å²) >= 11 is 0. The molecule has 0 fully saturated rings. The van der Waals surface area contributed by atoms with Gasteiger partial charge in [-0.1, -0.05) is 20.3 Å². The number of hydrogen-bond acceptors (Lipinski definition) is 4. The van der Waals surface area contributed by atoms with E-state index in [9.17, 15) is 9.59 Å². The van der Waals surface area contributed by atoms with Gasteiger partial charge in [-0.2, -0.15) is 0 Å². The lowest BCUT2D eigenvalue weighted by molar-refractivity contribution is -0.140. The maximum absolute atomic E-state index is 11.7. The van der Waals surface area contributed by atoms with Crippen molar-refractivity contribution in [1.29, 1.82) is 0 Å². The van der Waals surface area contributed by atoms with Gasteiger partial charge in [-0.05, 0) is 18.9 Å². The van der Waals surface area contributed by atoms with Crippen molar-refractivity contribution < 1.29 is 14.7 Å². The van der Waals surface area contributed by atoms with E-state index in [-0.39, 0.29) is 12.5 Å². The summed E-state index contributed by atoms with van der Waals surface area (Å²) in [5, 5.41) is 14.1. The maximum atomic E-state index is 11.7. The second-order valence-corrected chi connectivity index (χ2v) is 4.62. The van der Waals surface area contributed by atoms with Gasteiger partial charge in [0.25, 0.3) is 0 Å². The van der Waals surface area contributed by atoms with Crippen molar-refractivity contribution in [3.05, 3.63) is 23.8 Å². The first-order valence-electron chi connectivity index (χ1n) is 6.49. The average Bonchev–Trinajstić information content (AvgIpc) is 2.41. The number of aliphatic carboxylic acids is 1. The number of aryl methyl sites for hydroxylation is 1. The van der Waals surface area contributed by atoms with Crippen molar-refractivity contribution in [2.24, 2.45) is 5.92 Å². The third-order valence-corrected chi connectivity index (χ3v) is 3.03. The van der Waals surface area contributed by atoms with Crippen LogP contribution in [0.15, 0.2) is 12.3 Å². The normalized spacial score (nSPS) is 13.3. The lowest BCUT2D eigenvalue weighted by atomic mass is 9.99. The minimum absolute atomic E-state index is 0.139. The van der Waals surface area contributed by atoms with E-state index in [1.165, 1.54) is 0 Å². The molecule has 7 heteroatoms. The predicted octanol–water partition coefficient (Wildman–Crippen LogP) is 1.08. The lowest BCUT2D eigenvalue weighted by Crippen LogP contribution is -2.48. The number of carboxylic acid groups (broad SMARTS) is 1. The molecule has 0 aliphatic heterocycles. The van der Waals surface area contributed by atoms with Gasteiger partial charge in [0.15, 0.2) is 0 Å². The van der Waals surface area contributed by atoms with Gasteiger partial charge in [-0.25, -0.2) is 19.6 Å². The molecule has 1 rings (SSSR count). The third-order valence-electron chi connectivity index (χ3n) is 3.03. The van der Waals surface area contributed by atoms with E-state index < -0.39 is 18.0 Å². The fourth-order valence-corrected chi connectivity index (χ4v) is 1.65. The van der Waals surface area contributed by atoms with Crippen LogP contribution in [-0.4, -0.2) is 33.1 Å². The number of carboxylic acids is 1. The Kier molecular flexibility index (Phi) is 5.89. The summed E-state index contributed by atoms with van der Waals surface area (Å²) < 4.78 is 0. The first-order chi connectivity index (χ1) is 9.43. The summed E-state index contributed by atoms with van der Waals surface area (Å²) in [6.45, 7) is 5.64. The van der Waals surface area contributed by atoms with Crippen molar-refractivity contribution in [2.45, 2.75) is 39.8 Å². The molecule has 20 heavy (non-hydrogen) atoms. The molecule has 0 aromatic carbocycles. The predicted molar refractivity (Wildman–Crippen MR) is 73.0 cm³/mol. The maximum Gasteiger partial charge on any atom is 0.326 e. The summed E-state index contributed by atoms with van der Waals surface area (Å²) in [4.78, 5) is 30.9. The van der Waals surface area contributed by atoms with E-state index in [1.807, 2.05) is 6.92 Å². The monoisotopic (exact) mass is 280 g/mol. The second kappa shape index (κ2) is 7.42. The van der Waals surface area contributed by atoms with Crippen LogP contribution in [0.4, 0.5) is 4.79 Å². The van der Waals surface area contributed by atoms with Crippen molar-refractivity contribution in [2.75, 3.05) is 0 Å². The van der Waals surface area contributed by atoms with Crippen LogP contribution in [0.1, 0.15) is 31.8 Å². The number of carbonyl (C=O) groups excluding carboxylic acids is 1. The van der Waals surface area contributed by atoms with Gasteiger partial charge in [0.05, 0.1) is 12.2 Å². The Hall–Kier alpha value is -2.18. The molecule has 2 atom stereocenters. The lowest BCUT2D eigenvalue weighted by Gasteiger charge is -2.20. The van der Waals surface area contributed by atoms with Gasteiger partial charge in [0.2, 0.25) is 0 Å². The summed E-state index contributed by atoms with van der Waals surface area (Å²) in [5.41, 5.74) is 0.670. The van der Waals surface area contributed by atoms with Crippen LogP contribution in [0.25, 0.3) is 0 Å². The molecule has 1 unspecified atom stereocenters. The smallest absolute Gasteiger partial charge is 0.326 e. The van der Waals surface area contributed by atoms with E-state index in [0.717, 1.165) is 0 Å². The first-order valence-corrected chi connectivity index (χ1v) is 6.49. The average molecular weight is 280 g/mol. The molecule has 0 aliphatic carbocycles. The Balaban J connectivity index is 2.52. The van der Waals surface area contributed by atoms with Crippen LogP contribution in [0.3, 0.4) is 0 Å². The van der Waals surface area contributed by atoms with Gasteiger partial charge in [0, 0.05) is 6.20 Å². The van der Waals surface area contributed by atoms with Crippen molar-refractivity contribution in [3.8, 4) is 0 Å². The summed E-state index contributed by atoms with van der Waals surface area (Å²) in [5.74, 6) is -0.556. The SMILES string of the molecule is CCC(C)[C@H](NC(=O)NCc1ccnc(C)n1)C(=O)O. The number of urea groups is 1. The number of nitrogens with one attached hydrogen (secondary N) is 2. The minimum Gasteiger partial charge on any atom is -0.480 e. The summed E-state index contributed by atoms with van der Waals surface area (Å²) in [6, 6.07) is 0.275. The molecule has 110 valence electrons. The molecule has 0 radical (unpaired) electrons. The molecule has 0 aliphatic rings. The number of carbonyl (C=O) groups is 2. The zero-order valence-electron chi connectivity index (χ0n) is 11.9. The number of amides is 2. The van der Waals surface area contributed by atoms with Gasteiger partial charge >= 0.3 is 12.0 Å². The molecule has 1 heterocycles. The molecule has 7 nitrogen and oxygen atoms in total. The van der Waals surface area contributed by atoms with Gasteiger partial charge < -0.3 is 15.7 Å². The van der Waals surface area contributed by atoms with Gasteiger partial charge in [-0.15, -0.1) is 0 Å². The molecule has 0 saturated carbocycles. The Morgan fingerprint density at radius 3 is 2.70 bits per heavy atom. The molecule has 2 amide bonds. The quantitative estimate of drug-likeness (QED) is 0.723. The van der Waals surface area contributed by atoms with Crippen molar-refractivity contribution >= 4 is 12.0 Å². The Morgan fingerprint density at radius 1 is 1.45 bits per heavy atom. The molecule has 1 aromatic rings. The molecular weight excluding hydrogens is 260 g/mol. The summed E-state index contributed by atoms with van der Waals surface area (Å²) in [6.07, 6.45) is 2.28. The van der Waals surface area contributed by atoms with Crippen molar-refractivity contribution in [3.63, 3.8) is 0 Å². The minimum atomic E-state index is -1.03. The van der Waals surface area contributed by atoms with E-state index >= 15 is 0 Å². The van der Waals surface area contributed by atoms with E-state index in [1.54, 1.807) is 26.1 Å². The third kappa shape index (κ3) is 4.83. The first kappa shape index (κ1) is 15.9. The molecule has 0 spiro atoms. The topological polar surface area (TPSA) is 104 Å². The highest BCUT2D eigenvalue weighted by atomic mass is 16.4.